The van der Waals surface area contributed by atoms with Crippen LogP contribution < -0.4 is 14.9 Å². The molecule has 1 heterocycles. The van der Waals surface area contributed by atoms with Gasteiger partial charge in [0.25, 0.3) is 0 Å². The molecular formula is C8H14N4O3. The highest BCUT2D eigenvalue weighted by Crippen LogP contribution is 2.20. The molecule has 1 unspecified atom stereocenters. The van der Waals surface area contributed by atoms with E-state index in [-0.39, 0.29) is 5.88 Å². The van der Waals surface area contributed by atoms with Crippen LogP contribution in [-0.4, -0.2) is 30.4 Å². The molecule has 0 aliphatic carbocycles. The van der Waals surface area contributed by atoms with Gasteiger partial charge in [0.05, 0.1) is 18.9 Å². The van der Waals surface area contributed by atoms with Gasteiger partial charge in [-0.25, -0.2) is 4.99 Å². The molecule has 0 saturated heterocycles. The Kier molecular flexibility index (Phi) is 3.25. The van der Waals surface area contributed by atoms with Crippen LogP contribution in [0.15, 0.2) is 9.52 Å². The molecule has 1 aromatic rings. The molecule has 0 aromatic carbocycles. The first-order chi connectivity index (χ1) is 6.93. The van der Waals surface area contributed by atoms with E-state index in [2.05, 4.69) is 10.3 Å². The third-order valence-corrected chi connectivity index (χ3v) is 1.67. The minimum absolute atomic E-state index is 0.0335. The van der Waals surface area contributed by atoms with Gasteiger partial charge in [-0.3, -0.25) is 4.52 Å². The topological polar surface area (TPSA) is 88.8 Å². The number of aliphatic imine (C=N–C) groups is 1. The number of rotatable bonds is 3. The van der Waals surface area contributed by atoms with E-state index in [4.69, 9.17) is 4.52 Å². The molecule has 1 N–H and O–H groups in total. The summed E-state index contributed by atoms with van der Waals surface area (Å²) in [5.41, 5.74) is 0.343. The van der Waals surface area contributed by atoms with Crippen molar-refractivity contribution in [2.75, 3.05) is 19.1 Å². The van der Waals surface area contributed by atoms with Crippen LogP contribution >= 0.6 is 0 Å². The predicted octanol–water partition coefficient (Wildman–Crippen LogP) is -1.38. The molecule has 1 rings (SSSR count). The second kappa shape index (κ2) is 4.26. The minimum atomic E-state index is -0.822. The molecule has 0 fully saturated rings. The highest BCUT2D eigenvalue weighted by molar-refractivity contribution is 5.71. The molecule has 0 aliphatic heterocycles. The molecule has 0 spiro atoms. The number of hydrogen-bond acceptors (Lipinski definition) is 6. The SMILES string of the molecule is C/C([O-])=N/c1on[n+](N(C)C)c1C(C)O. The van der Waals surface area contributed by atoms with E-state index in [9.17, 15) is 10.2 Å². The Bertz CT molecular complexity index is 366. The average Bonchev–Trinajstić information content (AvgIpc) is 2.46. The van der Waals surface area contributed by atoms with Crippen molar-refractivity contribution < 1.29 is 19.5 Å². The maximum Gasteiger partial charge on any atom is 0.338 e. The number of aromatic nitrogens is 2. The van der Waals surface area contributed by atoms with E-state index in [0.717, 1.165) is 0 Å². The van der Waals surface area contributed by atoms with E-state index in [0.29, 0.717) is 5.69 Å². The normalized spacial score (nSPS) is 14.1. The average molecular weight is 214 g/mol. The summed E-state index contributed by atoms with van der Waals surface area (Å²) in [5.74, 6) is -0.370. The number of hydrogen-bond donors (Lipinski definition) is 1. The Hall–Kier alpha value is -1.63. The smallest absolute Gasteiger partial charge is 0.338 e. The van der Waals surface area contributed by atoms with Crippen LogP contribution in [0, 0.1) is 0 Å². The fourth-order valence-corrected chi connectivity index (χ4v) is 1.11. The molecule has 0 aliphatic rings. The van der Waals surface area contributed by atoms with Gasteiger partial charge in [0.1, 0.15) is 6.10 Å². The minimum Gasteiger partial charge on any atom is -0.862 e. The van der Waals surface area contributed by atoms with E-state index >= 15 is 0 Å². The lowest BCUT2D eigenvalue weighted by Crippen LogP contribution is -2.57. The largest absolute Gasteiger partial charge is 0.862 e. The Labute approximate surface area is 87.2 Å². The van der Waals surface area contributed by atoms with Crippen molar-refractivity contribution in [3.8, 4) is 0 Å². The monoisotopic (exact) mass is 214 g/mol. The molecule has 0 amide bonds. The Morgan fingerprint density at radius 2 is 2.27 bits per heavy atom. The van der Waals surface area contributed by atoms with Crippen molar-refractivity contribution in [2.24, 2.45) is 4.99 Å². The van der Waals surface area contributed by atoms with E-state index in [1.807, 2.05) is 0 Å². The summed E-state index contributed by atoms with van der Waals surface area (Å²) in [6.45, 7) is 2.85. The van der Waals surface area contributed by atoms with Gasteiger partial charge in [-0.2, -0.15) is 5.01 Å². The van der Waals surface area contributed by atoms with Crippen LogP contribution in [0.5, 0.6) is 0 Å². The second-order valence-corrected chi connectivity index (χ2v) is 3.31. The lowest BCUT2D eigenvalue weighted by molar-refractivity contribution is -0.761. The summed E-state index contributed by atoms with van der Waals surface area (Å²) < 4.78 is 4.85. The van der Waals surface area contributed by atoms with Crippen LogP contribution in [0.25, 0.3) is 0 Å². The lowest BCUT2D eigenvalue weighted by Gasteiger charge is -2.03. The van der Waals surface area contributed by atoms with Gasteiger partial charge in [-0.15, -0.1) is 0 Å². The van der Waals surface area contributed by atoms with Gasteiger partial charge in [0, 0.05) is 0 Å². The van der Waals surface area contributed by atoms with Crippen molar-refractivity contribution in [1.29, 1.82) is 0 Å². The third-order valence-electron chi connectivity index (χ3n) is 1.67. The number of aliphatic hydroxyl groups is 1. The third kappa shape index (κ3) is 2.44. The quantitative estimate of drug-likeness (QED) is 0.380. The zero-order valence-corrected chi connectivity index (χ0v) is 9.13. The van der Waals surface area contributed by atoms with Crippen LogP contribution in [0.4, 0.5) is 5.88 Å². The molecule has 0 radical (unpaired) electrons. The molecule has 7 heteroatoms. The molecular weight excluding hydrogens is 200 g/mol. The summed E-state index contributed by atoms with van der Waals surface area (Å²) in [6, 6.07) is 0. The maximum atomic E-state index is 10.8. The first-order valence-corrected chi connectivity index (χ1v) is 4.43. The molecule has 0 saturated carbocycles. The summed E-state index contributed by atoms with van der Waals surface area (Å²) in [4.78, 5) is 4.95. The highest BCUT2D eigenvalue weighted by atomic mass is 16.5. The Morgan fingerprint density at radius 3 is 2.67 bits per heavy atom. The van der Waals surface area contributed by atoms with Crippen LogP contribution in [0.3, 0.4) is 0 Å². The van der Waals surface area contributed by atoms with Gasteiger partial charge in [0.2, 0.25) is 5.27 Å². The summed E-state index contributed by atoms with van der Waals surface area (Å²) in [6.07, 6.45) is -0.822. The predicted molar refractivity (Wildman–Crippen MR) is 50.2 cm³/mol. The number of aliphatic hydroxyl groups excluding tert-OH is 1. The van der Waals surface area contributed by atoms with Crippen molar-refractivity contribution in [1.82, 2.24) is 5.27 Å². The Morgan fingerprint density at radius 1 is 1.67 bits per heavy atom. The molecule has 84 valence electrons. The van der Waals surface area contributed by atoms with Gasteiger partial charge in [-0.05, 0) is 19.7 Å². The van der Waals surface area contributed by atoms with Gasteiger partial charge in [-0.1, -0.05) is 0 Å². The van der Waals surface area contributed by atoms with Crippen molar-refractivity contribution in [2.45, 2.75) is 20.0 Å². The van der Waals surface area contributed by atoms with Crippen LogP contribution in [0.1, 0.15) is 25.6 Å². The maximum absolute atomic E-state index is 10.8. The zero-order chi connectivity index (χ0) is 11.6. The van der Waals surface area contributed by atoms with E-state index in [1.165, 1.54) is 11.7 Å². The second-order valence-electron chi connectivity index (χ2n) is 3.31. The van der Waals surface area contributed by atoms with Crippen LogP contribution in [-0.2, 0) is 0 Å². The molecule has 1 atom stereocenters. The lowest BCUT2D eigenvalue weighted by atomic mass is 10.3. The van der Waals surface area contributed by atoms with Crippen molar-refractivity contribution in [3.05, 3.63) is 5.69 Å². The van der Waals surface area contributed by atoms with Crippen molar-refractivity contribution in [3.63, 3.8) is 0 Å². The van der Waals surface area contributed by atoms with Crippen LogP contribution in [0.2, 0.25) is 0 Å². The number of nitrogens with zero attached hydrogens (tertiary/aromatic N) is 4. The summed E-state index contributed by atoms with van der Waals surface area (Å²) in [7, 11) is 3.46. The van der Waals surface area contributed by atoms with Gasteiger partial charge < -0.3 is 10.2 Å². The molecule has 0 bridgehead atoms. The zero-order valence-electron chi connectivity index (χ0n) is 9.13. The van der Waals surface area contributed by atoms with E-state index < -0.39 is 12.0 Å². The summed E-state index contributed by atoms with van der Waals surface area (Å²) in [5, 5.41) is 25.6. The van der Waals surface area contributed by atoms with E-state index in [1.54, 1.807) is 26.0 Å². The first-order valence-electron chi connectivity index (χ1n) is 4.43. The van der Waals surface area contributed by atoms with Gasteiger partial charge >= 0.3 is 11.6 Å². The summed E-state index contributed by atoms with van der Waals surface area (Å²) >= 11 is 0. The van der Waals surface area contributed by atoms with Crippen molar-refractivity contribution >= 4 is 11.8 Å². The standard InChI is InChI=1S/C8H14N4O3/c1-5(13)7-8(9-6(2)14)15-10-12(7)11(3)4/h5,13H,1-4H3. The molecule has 15 heavy (non-hydrogen) atoms. The first kappa shape index (κ1) is 11.4. The molecule has 1 aromatic heterocycles. The fraction of sp³-hybridized carbons (Fsp3) is 0.625. The molecule has 7 nitrogen and oxygen atoms in total. The highest BCUT2D eigenvalue weighted by Gasteiger charge is 2.30. The fourth-order valence-electron chi connectivity index (χ4n) is 1.11. The van der Waals surface area contributed by atoms with Gasteiger partial charge in [0.15, 0.2) is 0 Å². The Balaban J connectivity index is 3.24.